The second kappa shape index (κ2) is 5.96. The van der Waals surface area contributed by atoms with Crippen LogP contribution in [0.25, 0.3) is 0 Å². The summed E-state index contributed by atoms with van der Waals surface area (Å²) in [5.41, 5.74) is 0. The summed E-state index contributed by atoms with van der Waals surface area (Å²) in [6, 6.07) is 0. The van der Waals surface area contributed by atoms with Crippen LogP contribution in [0.1, 0.15) is 64.2 Å². The zero-order valence-corrected chi connectivity index (χ0v) is 12.8. The normalized spacial score (nSPS) is 48.0. The summed E-state index contributed by atoms with van der Waals surface area (Å²) in [5.74, 6) is 4.10. The molecule has 0 spiro atoms. The number of rotatable bonds is 5. The van der Waals surface area contributed by atoms with E-state index in [9.17, 15) is 0 Å². The monoisotopic (exact) mass is 278 g/mol. The lowest BCUT2D eigenvalue weighted by Gasteiger charge is -2.37. The largest absolute Gasteiger partial charge is 0.373 e. The topological polar surface area (TPSA) is 25.1 Å². The average Bonchev–Trinajstić information content (AvgIpc) is 3.37. The summed E-state index contributed by atoms with van der Waals surface area (Å²) in [6.07, 6.45) is 16.0. The highest BCUT2D eigenvalue weighted by Crippen LogP contribution is 2.44. The molecule has 0 aromatic heterocycles. The van der Waals surface area contributed by atoms with Crippen LogP contribution in [0, 0.1) is 23.7 Å². The third kappa shape index (κ3) is 3.57. The van der Waals surface area contributed by atoms with Crippen molar-refractivity contribution in [2.45, 2.75) is 76.4 Å². The fourth-order valence-electron chi connectivity index (χ4n) is 4.94. The Bertz CT molecular complexity index is 273. The molecule has 0 amide bonds. The molecule has 114 valence electrons. The molecule has 2 aliphatic heterocycles. The first-order valence-electron chi connectivity index (χ1n) is 9.10. The molecule has 0 bridgehead atoms. The van der Waals surface area contributed by atoms with Crippen molar-refractivity contribution in [3.05, 3.63) is 0 Å². The molecule has 2 heterocycles. The lowest BCUT2D eigenvalue weighted by atomic mass is 9.68. The third-order valence-electron chi connectivity index (χ3n) is 6.45. The third-order valence-corrected chi connectivity index (χ3v) is 6.45. The van der Waals surface area contributed by atoms with Crippen molar-refractivity contribution < 1.29 is 9.47 Å². The van der Waals surface area contributed by atoms with Gasteiger partial charge in [0.2, 0.25) is 0 Å². The molecule has 4 aliphatic rings. The van der Waals surface area contributed by atoms with Crippen LogP contribution in [0.2, 0.25) is 0 Å². The Morgan fingerprint density at radius 3 is 1.20 bits per heavy atom. The quantitative estimate of drug-likeness (QED) is 0.705. The molecule has 0 aromatic rings. The minimum atomic E-state index is 0.650. The van der Waals surface area contributed by atoms with Crippen molar-refractivity contribution in [1.82, 2.24) is 0 Å². The molecule has 0 N–H and O–H groups in total. The van der Waals surface area contributed by atoms with Gasteiger partial charge in [-0.2, -0.15) is 0 Å². The van der Waals surface area contributed by atoms with Crippen molar-refractivity contribution in [3.63, 3.8) is 0 Å². The highest BCUT2D eigenvalue weighted by molar-refractivity contribution is 4.85. The molecule has 2 unspecified atom stereocenters. The summed E-state index contributed by atoms with van der Waals surface area (Å²) < 4.78 is 10.8. The molecule has 0 aromatic carbocycles. The summed E-state index contributed by atoms with van der Waals surface area (Å²) in [7, 11) is 0. The zero-order chi connectivity index (χ0) is 13.4. The maximum Gasteiger partial charge on any atom is 0.0812 e. The van der Waals surface area contributed by atoms with Crippen LogP contribution in [0.3, 0.4) is 0 Å². The highest BCUT2D eigenvalue weighted by atomic mass is 16.6. The molecule has 2 heteroatoms. The summed E-state index contributed by atoms with van der Waals surface area (Å²) >= 11 is 0. The second-order valence-electron chi connectivity index (χ2n) is 7.94. The first-order valence-corrected chi connectivity index (χ1v) is 9.10. The first kappa shape index (κ1) is 13.6. The van der Waals surface area contributed by atoms with E-state index in [1.165, 1.54) is 64.2 Å². The Morgan fingerprint density at radius 1 is 0.550 bits per heavy atom. The van der Waals surface area contributed by atoms with Crippen LogP contribution in [-0.4, -0.2) is 25.4 Å². The maximum atomic E-state index is 5.39. The smallest absolute Gasteiger partial charge is 0.0812 e. The van der Waals surface area contributed by atoms with Gasteiger partial charge >= 0.3 is 0 Å². The van der Waals surface area contributed by atoms with Crippen molar-refractivity contribution in [1.29, 1.82) is 0 Å². The molecule has 20 heavy (non-hydrogen) atoms. The van der Waals surface area contributed by atoms with Crippen molar-refractivity contribution in [2.75, 3.05) is 13.2 Å². The molecule has 2 saturated heterocycles. The van der Waals surface area contributed by atoms with E-state index >= 15 is 0 Å². The van der Waals surface area contributed by atoms with Gasteiger partial charge < -0.3 is 9.47 Å². The van der Waals surface area contributed by atoms with Gasteiger partial charge in [0, 0.05) is 0 Å². The number of epoxide rings is 2. The van der Waals surface area contributed by atoms with Gasteiger partial charge in [0.25, 0.3) is 0 Å². The predicted molar refractivity (Wildman–Crippen MR) is 79.6 cm³/mol. The van der Waals surface area contributed by atoms with E-state index in [4.69, 9.17) is 9.47 Å². The van der Waals surface area contributed by atoms with Gasteiger partial charge in [-0.3, -0.25) is 0 Å². The SMILES string of the molecule is C1CC(C2CCC(CC3CO3)CC2)CCC1CC1CO1. The van der Waals surface area contributed by atoms with Crippen molar-refractivity contribution >= 4 is 0 Å². The number of hydrogen-bond acceptors (Lipinski definition) is 2. The predicted octanol–water partition coefficient (Wildman–Crippen LogP) is 4.18. The summed E-state index contributed by atoms with van der Waals surface area (Å²) in [4.78, 5) is 0. The van der Waals surface area contributed by atoms with Crippen molar-refractivity contribution in [3.8, 4) is 0 Å². The average molecular weight is 278 g/mol. The van der Waals surface area contributed by atoms with E-state index in [1.807, 2.05) is 0 Å². The molecule has 0 radical (unpaired) electrons. The lowest BCUT2D eigenvalue weighted by Crippen LogP contribution is -2.26. The molecule has 2 aliphatic carbocycles. The van der Waals surface area contributed by atoms with E-state index in [0.717, 1.165) is 36.9 Å². The van der Waals surface area contributed by atoms with Crippen molar-refractivity contribution in [2.24, 2.45) is 23.7 Å². The molecule has 2 atom stereocenters. The molecule has 2 nitrogen and oxygen atoms in total. The molecular weight excluding hydrogens is 248 g/mol. The van der Waals surface area contributed by atoms with E-state index in [-0.39, 0.29) is 0 Å². The van der Waals surface area contributed by atoms with Crippen LogP contribution in [0.15, 0.2) is 0 Å². The van der Waals surface area contributed by atoms with E-state index in [2.05, 4.69) is 0 Å². The van der Waals surface area contributed by atoms with Gasteiger partial charge in [0.1, 0.15) is 0 Å². The Balaban J connectivity index is 1.17. The van der Waals surface area contributed by atoms with Gasteiger partial charge in [0.15, 0.2) is 0 Å². The van der Waals surface area contributed by atoms with E-state index in [0.29, 0.717) is 12.2 Å². The molecule has 4 rings (SSSR count). The van der Waals surface area contributed by atoms with Gasteiger partial charge in [-0.15, -0.1) is 0 Å². The van der Waals surface area contributed by atoms with E-state index in [1.54, 1.807) is 0 Å². The molecular formula is C18H30O2. The first-order chi connectivity index (χ1) is 9.87. The van der Waals surface area contributed by atoms with Crippen LogP contribution >= 0.6 is 0 Å². The second-order valence-corrected chi connectivity index (χ2v) is 7.94. The lowest BCUT2D eigenvalue weighted by molar-refractivity contribution is 0.135. The fraction of sp³-hybridized carbons (Fsp3) is 1.00. The van der Waals surface area contributed by atoms with Crippen LogP contribution in [-0.2, 0) is 9.47 Å². The minimum absolute atomic E-state index is 0.650. The number of ether oxygens (including phenoxy) is 2. The minimum Gasteiger partial charge on any atom is -0.373 e. The number of hydrogen-bond donors (Lipinski definition) is 0. The Kier molecular flexibility index (Phi) is 4.05. The van der Waals surface area contributed by atoms with Gasteiger partial charge in [-0.25, -0.2) is 0 Å². The Labute approximate surface area is 123 Å². The summed E-state index contributed by atoms with van der Waals surface area (Å²) in [5, 5.41) is 0. The van der Waals surface area contributed by atoms with Gasteiger partial charge in [-0.1, -0.05) is 25.7 Å². The van der Waals surface area contributed by atoms with Crippen LogP contribution in [0.5, 0.6) is 0 Å². The van der Waals surface area contributed by atoms with Gasteiger partial charge in [-0.05, 0) is 62.2 Å². The van der Waals surface area contributed by atoms with Crippen LogP contribution < -0.4 is 0 Å². The molecule has 2 saturated carbocycles. The Morgan fingerprint density at radius 2 is 0.900 bits per heavy atom. The van der Waals surface area contributed by atoms with Gasteiger partial charge in [0.05, 0.1) is 25.4 Å². The standard InChI is InChI=1S/C18H30O2/c1-5-15(6-2-13(1)9-17-11-19-17)16-7-3-14(4-8-16)10-18-12-20-18/h13-18H,1-12H2. The maximum absolute atomic E-state index is 5.39. The zero-order valence-electron chi connectivity index (χ0n) is 12.8. The highest BCUT2D eigenvalue weighted by Gasteiger charge is 2.35. The molecule has 4 fully saturated rings. The van der Waals surface area contributed by atoms with E-state index < -0.39 is 0 Å². The summed E-state index contributed by atoms with van der Waals surface area (Å²) in [6.45, 7) is 2.10. The van der Waals surface area contributed by atoms with Crippen LogP contribution in [0.4, 0.5) is 0 Å². The Hall–Kier alpha value is -0.0800. The fourth-order valence-corrected chi connectivity index (χ4v) is 4.94.